The fraction of sp³-hybridized carbons (Fsp3) is 0.692. The number of aliphatic hydroxyl groups is 1. The molecule has 1 nitrogen and oxygen atoms in total. The van der Waals surface area contributed by atoms with Crippen LogP contribution in [0.3, 0.4) is 0 Å². The van der Waals surface area contributed by atoms with Crippen LogP contribution in [0.1, 0.15) is 38.5 Å². The van der Waals surface area contributed by atoms with Crippen LogP contribution in [-0.4, -0.2) is 11.2 Å². The second kappa shape index (κ2) is 4.79. The minimum Gasteiger partial charge on any atom is -0.392 e. The van der Waals surface area contributed by atoms with Crippen LogP contribution in [0.15, 0.2) is 24.3 Å². The smallest absolute Gasteiger partial charge is 0.0634 e. The lowest BCUT2D eigenvalue weighted by Gasteiger charge is -2.31. The van der Waals surface area contributed by atoms with Gasteiger partial charge in [-0.1, -0.05) is 43.6 Å². The van der Waals surface area contributed by atoms with Crippen molar-refractivity contribution >= 4 is 0 Å². The Morgan fingerprint density at radius 2 is 1.86 bits per heavy atom. The second-order valence-electron chi connectivity index (χ2n) is 4.60. The molecule has 0 heterocycles. The topological polar surface area (TPSA) is 20.2 Å². The monoisotopic (exact) mass is 192 g/mol. The van der Waals surface area contributed by atoms with Gasteiger partial charge >= 0.3 is 0 Å². The molecule has 2 aliphatic rings. The van der Waals surface area contributed by atoms with E-state index in [0.29, 0.717) is 11.8 Å². The van der Waals surface area contributed by atoms with E-state index in [2.05, 4.69) is 24.3 Å². The van der Waals surface area contributed by atoms with Crippen molar-refractivity contribution in [1.29, 1.82) is 0 Å². The first kappa shape index (κ1) is 9.97. The molecule has 0 radical (unpaired) electrons. The molecule has 0 spiro atoms. The van der Waals surface area contributed by atoms with Crippen LogP contribution >= 0.6 is 0 Å². The zero-order chi connectivity index (χ0) is 9.80. The van der Waals surface area contributed by atoms with Gasteiger partial charge in [-0.05, 0) is 25.2 Å². The summed E-state index contributed by atoms with van der Waals surface area (Å²) in [5, 5.41) is 10.2. The normalized spacial score (nSPS) is 30.5. The summed E-state index contributed by atoms with van der Waals surface area (Å²) in [7, 11) is 0. The Morgan fingerprint density at radius 1 is 1.07 bits per heavy atom. The van der Waals surface area contributed by atoms with Crippen molar-refractivity contribution < 1.29 is 5.11 Å². The van der Waals surface area contributed by atoms with Gasteiger partial charge < -0.3 is 5.11 Å². The SMILES string of the molecule is OC(C1C=CC=CC1)C1CCCCC1. The van der Waals surface area contributed by atoms with E-state index in [1.165, 1.54) is 32.1 Å². The summed E-state index contributed by atoms with van der Waals surface area (Å²) in [6.07, 6.45) is 15.8. The van der Waals surface area contributed by atoms with Gasteiger partial charge in [0.05, 0.1) is 6.10 Å². The highest BCUT2D eigenvalue weighted by Crippen LogP contribution is 2.31. The van der Waals surface area contributed by atoms with Crippen molar-refractivity contribution in [3.05, 3.63) is 24.3 Å². The standard InChI is InChI=1S/C13H20O/c14-13(11-7-3-1-4-8-11)12-9-5-2-6-10-12/h1,3-4,7,11-14H,2,5-6,8-10H2. The number of hydrogen-bond donors (Lipinski definition) is 1. The van der Waals surface area contributed by atoms with Crippen molar-refractivity contribution in [3.63, 3.8) is 0 Å². The lowest BCUT2D eigenvalue weighted by atomic mass is 9.78. The zero-order valence-electron chi connectivity index (χ0n) is 8.73. The molecule has 14 heavy (non-hydrogen) atoms. The van der Waals surface area contributed by atoms with Gasteiger partial charge in [0, 0.05) is 5.92 Å². The summed E-state index contributed by atoms with van der Waals surface area (Å²) in [5.41, 5.74) is 0. The van der Waals surface area contributed by atoms with E-state index in [1.54, 1.807) is 0 Å². The Hall–Kier alpha value is -0.560. The minimum atomic E-state index is -0.100. The van der Waals surface area contributed by atoms with Crippen molar-refractivity contribution in [2.24, 2.45) is 11.8 Å². The molecule has 1 heteroatoms. The molecular weight excluding hydrogens is 172 g/mol. The lowest BCUT2D eigenvalue weighted by Crippen LogP contribution is -2.29. The summed E-state index contributed by atoms with van der Waals surface area (Å²) < 4.78 is 0. The second-order valence-corrected chi connectivity index (χ2v) is 4.60. The molecule has 0 aromatic carbocycles. The summed E-state index contributed by atoms with van der Waals surface area (Å²) in [4.78, 5) is 0. The minimum absolute atomic E-state index is 0.100. The maximum Gasteiger partial charge on any atom is 0.0634 e. The van der Waals surface area contributed by atoms with Crippen molar-refractivity contribution in [1.82, 2.24) is 0 Å². The van der Waals surface area contributed by atoms with E-state index in [4.69, 9.17) is 0 Å². The molecule has 2 aliphatic carbocycles. The Bertz CT molecular complexity index is 223. The number of rotatable bonds is 2. The van der Waals surface area contributed by atoms with Crippen LogP contribution < -0.4 is 0 Å². The third-order valence-electron chi connectivity index (χ3n) is 3.59. The van der Waals surface area contributed by atoms with Crippen LogP contribution in [0.5, 0.6) is 0 Å². The highest BCUT2D eigenvalue weighted by atomic mass is 16.3. The first-order chi connectivity index (χ1) is 6.88. The summed E-state index contributed by atoms with van der Waals surface area (Å²) >= 11 is 0. The lowest BCUT2D eigenvalue weighted by molar-refractivity contribution is 0.0504. The Kier molecular flexibility index (Phi) is 3.41. The molecular formula is C13H20O. The number of aliphatic hydroxyl groups excluding tert-OH is 1. The predicted molar refractivity (Wildman–Crippen MR) is 59.0 cm³/mol. The van der Waals surface area contributed by atoms with Gasteiger partial charge in [0.15, 0.2) is 0 Å². The first-order valence-electron chi connectivity index (χ1n) is 5.89. The van der Waals surface area contributed by atoms with Crippen molar-refractivity contribution in [2.75, 3.05) is 0 Å². The molecule has 1 N–H and O–H groups in total. The highest BCUT2D eigenvalue weighted by molar-refractivity contribution is 5.12. The summed E-state index contributed by atoms with van der Waals surface area (Å²) in [5.74, 6) is 0.938. The molecule has 0 bridgehead atoms. The molecule has 1 fully saturated rings. The van der Waals surface area contributed by atoms with Gasteiger partial charge in [0.1, 0.15) is 0 Å². The highest BCUT2D eigenvalue weighted by Gasteiger charge is 2.26. The van der Waals surface area contributed by atoms with E-state index in [0.717, 1.165) is 6.42 Å². The van der Waals surface area contributed by atoms with Gasteiger partial charge in [-0.3, -0.25) is 0 Å². The van der Waals surface area contributed by atoms with Crippen LogP contribution in [0.25, 0.3) is 0 Å². The zero-order valence-corrected chi connectivity index (χ0v) is 8.73. The third-order valence-corrected chi connectivity index (χ3v) is 3.59. The first-order valence-corrected chi connectivity index (χ1v) is 5.89. The number of allylic oxidation sites excluding steroid dienone is 3. The molecule has 0 aromatic rings. The van der Waals surface area contributed by atoms with Gasteiger partial charge in [-0.15, -0.1) is 0 Å². The Balaban J connectivity index is 1.89. The van der Waals surface area contributed by atoms with E-state index >= 15 is 0 Å². The molecule has 2 unspecified atom stereocenters. The van der Waals surface area contributed by atoms with Crippen LogP contribution in [0.2, 0.25) is 0 Å². The van der Waals surface area contributed by atoms with Gasteiger partial charge in [-0.2, -0.15) is 0 Å². The maximum atomic E-state index is 10.2. The van der Waals surface area contributed by atoms with Gasteiger partial charge in [-0.25, -0.2) is 0 Å². The molecule has 0 aliphatic heterocycles. The molecule has 0 aromatic heterocycles. The van der Waals surface area contributed by atoms with Crippen LogP contribution in [-0.2, 0) is 0 Å². The Labute approximate surface area is 86.5 Å². The average molecular weight is 192 g/mol. The van der Waals surface area contributed by atoms with Gasteiger partial charge in [0.25, 0.3) is 0 Å². The fourth-order valence-electron chi connectivity index (χ4n) is 2.68. The molecule has 2 rings (SSSR count). The molecule has 0 amide bonds. The van der Waals surface area contributed by atoms with E-state index < -0.39 is 0 Å². The van der Waals surface area contributed by atoms with E-state index in [9.17, 15) is 5.11 Å². The summed E-state index contributed by atoms with van der Waals surface area (Å²) in [6, 6.07) is 0. The number of hydrogen-bond acceptors (Lipinski definition) is 1. The third kappa shape index (κ3) is 2.27. The largest absolute Gasteiger partial charge is 0.392 e. The molecule has 78 valence electrons. The van der Waals surface area contributed by atoms with Crippen molar-refractivity contribution in [3.8, 4) is 0 Å². The average Bonchev–Trinajstić information content (AvgIpc) is 2.30. The molecule has 1 saturated carbocycles. The van der Waals surface area contributed by atoms with Crippen molar-refractivity contribution in [2.45, 2.75) is 44.6 Å². The quantitative estimate of drug-likeness (QED) is 0.713. The fourth-order valence-corrected chi connectivity index (χ4v) is 2.68. The maximum absolute atomic E-state index is 10.2. The predicted octanol–water partition coefficient (Wildman–Crippen LogP) is 3.06. The Morgan fingerprint density at radius 3 is 2.50 bits per heavy atom. The van der Waals surface area contributed by atoms with E-state index in [1.807, 2.05) is 0 Å². The van der Waals surface area contributed by atoms with Crippen LogP contribution in [0.4, 0.5) is 0 Å². The van der Waals surface area contributed by atoms with Crippen LogP contribution in [0, 0.1) is 11.8 Å². The molecule has 2 atom stereocenters. The molecule has 0 saturated heterocycles. The van der Waals surface area contributed by atoms with Gasteiger partial charge in [0.2, 0.25) is 0 Å². The van der Waals surface area contributed by atoms with E-state index in [-0.39, 0.29) is 6.10 Å². The summed E-state index contributed by atoms with van der Waals surface area (Å²) in [6.45, 7) is 0.